The van der Waals surface area contributed by atoms with Crippen molar-refractivity contribution in [1.29, 1.82) is 0 Å². The third-order valence-corrected chi connectivity index (χ3v) is 5.04. The Morgan fingerprint density at radius 2 is 2.00 bits per heavy atom. The van der Waals surface area contributed by atoms with Crippen molar-refractivity contribution >= 4 is 43.5 Å². The van der Waals surface area contributed by atoms with Crippen molar-refractivity contribution < 1.29 is 4.74 Å². The SMILES string of the molecule is CCn1nc(C)c(Br)c1COc1c(C)cc(Br)cc1CCl. The fourth-order valence-corrected chi connectivity index (χ4v) is 3.47. The monoisotopic (exact) mass is 434 g/mol. The lowest BCUT2D eigenvalue weighted by molar-refractivity contribution is 0.287. The zero-order valence-electron chi connectivity index (χ0n) is 12.2. The number of rotatable bonds is 5. The molecule has 114 valence electrons. The van der Waals surface area contributed by atoms with Crippen LogP contribution in [0.1, 0.15) is 29.4 Å². The number of aromatic nitrogens is 2. The van der Waals surface area contributed by atoms with Gasteiger partial charge in [0.05, 0.1) is 21.7 Å². The molecular formula is C15H17Br2ClN2O. The Hall–Kier alpha value is -0.520. The minimum Gasteiger partial charge on any atom is -0.487 e. The first kappa shape index (κ1) is 16.8. The Bertz CT molecular complexity index is 656. The number of alkyl halides is 1. The van der Waals surface area contributed by atoms with Gasteiger partial charge < -0.3 is 4.74 Å². The second-order valence-electron chi connectivity index (χ2n) is 4.80. The van der Waals surface area contributed by atoms with Crippen LogP contribution < -0.4 is 4.74 Å². The van der Waals surface area contributed by atoms with Crippen LogP contribution in [0.15, 0.2) is 21.1 Å². The smallest absolute Gasteiger partial charge is 0.131 e. The maximum atomic E-state index is 6.04. The molecule has 0 radical (unpaired) electrons. The summed E-state index contributed by atoms with van der Waals surface area (Å²) in [5.41, 5.74) is 4.06. The van der Waals surface area contributed by atoms with E-state index in [9.17, 15) is 0 Å². The van der Waals surface area contributed by atoms with E-state index < -0.39 is 0 Å². The lowest BCUT2D eigenvalue weighted by Crippen LogP contribution is -2.08. The molecule has 2 rings (SSSR count). The van der Waals surface area contributed by atoms with Crippen LogP contribution in [0.25, 0.3) is 0 Å². The third kappa shape index (κ3) is 3.63. The Morgan fingerprint density at radius 1 is 1.29 bits per heavy atom. The first-order valence-corrected chi connectivity index (χ1v) is 8.79. The highest BCUT2D eigenvalue weighted by molar-refractivity contribution is 9.10. The van der Waals surface area contributed by atoms with Crippen LogP contribution in [0.2, 0.25) is 0 Å². The van der Waals surface area contributed by atoms with E-state index in [1.54, 1.807) is 0 Å². The lowest BCUT2D eigenvalue weighted by atomic mass is 10.1. The standard InChI is InChI=1S/C15H17Br2ClN2O/c1-4-20-13(14(17)10(3)19-20)8-21-15-9(2)5-12(16)6-11(15)7-18/h5-6H,4,7-8H2,1-3H3. The van der Waals surface area contributed by atoms with Crippen molar-refractivity contribution in [3.05, 3.63) is 43.6 Å². The highest BCUT2D eigenvalue weighted by atomic mass is 79.9. The molecule has 0 saturated heterocycles. The molecule has 0 aliphatic rings. The number of benzene rings is 1. The van der Waals surface area contributed by atoms with Crippen LogP contribution in [0, 0.1) is 13.8 Å². The Kier molecular flexibility index (Phi) is 5.74. The molecule has 0 bridgehead atoms. The number of halogens is 3. The molecule has 6 heteroatoms. The third-order valence-electron chi connectivity index (χ3n) is 3.27. The van der Waals surface area contributed by atoms with E-state index in [0.29, 0.717) is 12.5 Å². The summed E-state index contributed by atoms with van der Waals surface area (Å²) in [5, 5.41) is 4.48. The quantitative estimate of drug-likeness (QED) is 0.590. The molecule has 1 aromatic carbocycles. The molecule has 0 atom stereocenters. The summed E-state index contributed by atoms with van der Waals surface area (Å²) in [4.78, 5) is 0. The van der Waals surface area contributed by atoms with Gasteiger partial charge in [-0.1, -0.05) is 15.9 Å². The molecule has 0 spiro atoms. The molecule has 3 nitrogen and oxygen atoms in total. The molecule has 2 aromatic rings. The summed E-state index contributed by atoms with van der Waals surface area (Å²) in [5.74, 6) is 1.27. The van der Waals surface area contributed by atoms with Crippen molar-refractivity contribution in [2.24, 2.45) is 0 Å². The minimum atomic E-state index is 0.419. The molecule has 0 N–H and O–H groups in total. The van der Waals surface area contributed by atoms with Gasteiger partial charge in [-0.3, -0.25) is 4.68 Å². The van der Waals surface area contributed by atoms with E-state index in [0.717, 1.165) is 43.8 Å². The van der Waals surface area contributed by atoms with Crippen molar-refractivity contribution in [3.63, 3.8) is 0 Å². The molecule has 1 heterocycles. The average Bonchev–Trinajstić information content (AvgIpc) is 2.72. The van der Waals surface area contributed by atoms with Crippen molar-refractivity contribution in [1.82, 2.24) is 9.78 Å². The predicted octanol–water partition coefficient (Wildman–Crippen LogP) is 5.36. The Morgan fingerprint density at radius 3 is 2.62 bits per heavy atom. The summed E-state index contributed by atoms with van der Waals surface area (Å²) < 4.78 is 10.0. The van der Waals surface area contributed by atoms with E-state index in [-0.39, 0.29) is 0 Å². The van der Waals surface area contributed by atoms with Crippen LogP contribution >= 0.6 is 43.5 Å². The first-order chi connectivity index (χ1) is 9.97. The zero-order chi connectivity index (χ0) is 15.6. The molecular weight excluding hydrogens is 419 g/mol. The van der Waals surface area contributed by atoms with Gasteiger partial charge in [0.1, 0.15) is 12.4 Å². The summed E-state index contributed by atoms with van der Waals surface area (Å²) in [7, 11) is 0. The van der Waals surface area contributed by atoms with Crippen LogP contribution in [0.4, 0.5) is 0 Å². The second kappa shape index (κ2) is 7.16. The van der Waals surface area contributed by atoms with Gasteiger partial charge in [0.15, 0.2) is 0 Å². The van der Waals surface area contributed by atoms with Crippen molar-refractivity contribution in [3.8, 4) is 5.75 Å². The first-order valence-electron chi connectivity index (χ1n) is 6.67. The summed E-state index contributed by atoms with van der Waals surface area (Å²) in [6, 6.07) is 4.02. The second-order valence-corrected chi connectivity index (χ2v) is 6.77. The molecule has 0 aliphatic heterocycles. The van der Waals surface area contributed by atoms with Gasteiger partial charge in [-0.05, 0) is 54.4 Å². The highest BCUT2D eigenvalue weighted by Crippen LogP contribution is 2.31. The van der Waals surface area contributed by atoms with Gasteiger partial charge in [0, 0.05) is 16.6 Å². The van der Waals surface area contributed by atoms with Gasteiger partial charge >= 0.3 is 0 Å². The minimum absolute atomic E-state index is 0.419. The lowest BCUT2D eigenvalue weighted by Gasteiger charge is -2.14. The van der Waals surface area contributed by atoms with Gasteiger partial charge in [-0.2, -0.15) is 5.10 Å². The largest absolute Gasteiger partial charge is 0.487 e. The van der Waals surface area contributed by atoms with E-state index in [4.69, 9.17) is 16.3 Å². The fraction of sp³-hybridized carbons (Fsp3) is 0.400. The van der Waals surface area contributed by atoms with Gasteiger partial charge in [0.25, 0.3) is 0 Å². The molecule has 1 aromatic heterocycles. The molecule has 0 fully saturated rings. The number of hydrogen-bond acceptors (Lipinski definition) is 2. The Balaban J connectivity index is 2.29. The molecule has 0 amide bonds. The van der Waals surface area contributed by atoms with Gasteiger partial charge in [-0.25, -0.2) is 0 Å². The molecule has 0 aliphatic carbocycles. The summed E-state index contributed by atoms with van der Waals surface area (Å²) in [6.07, 6.45) is 0. The van der Waals surface area contributed by atoms with E-state index >= 15 is 0 Å². The maximum Gasteiger partial charge on any atom is 0.131 e. The zero-order valence-corrected chi connectivity index (χ0v) is 16.1. The van der Waals surface area contributed by atoms with Crippen molar-refractivity contribution in [2.75, 3.05) is 0 Å². The van der Waals surface area contributed by atoms with Crippen LogP contribution in [-0.4, -0.2) is 9.78 Å². The van der Waals surface area contributed by atoms with E-state index in [2.05, 4.69) is 43.9 Å². The molecule has 21 heavy (non-hydrogen) atoms. The number of nitrogens with zero attached hydrogens (tertiary/aromatic N) is 2. The number of hydrogen-bond donors (Lipinski definition) is 0. The number of aryl methyl sites for hydroxylation is 3. The fourth-order valence-electron chi connectivity index (χ4n) is 2.25. The van der Waals surface area contributed by atoms with Crippen molar-refractivity contribution in [2.45, 2.75) is 39.8 Å². The van der Waals surface area contributed by atoms with Crippen LogP contribution in [0.5, 0.6) is 5.75 Å². The highest BCUT2D eigenvalue weighted by Gasteiger charge is 2.15. The van der Waals surface area contributed by atoms with E-state index in [1.165, 1.54) is 0 Å². The number of ether oxygens (including phenoxy) is 1. The topological polar surface area (TPSA) is 27.1 Å². The van der Waals surface area contributed by atoms with Crippen LogP contribution in [-0.2, 0) is 19.0 Å². The normalized spacial score (nSPS) is 11.0. The van der Waals surface area contributed by atoms with Gasteiger partial charge in [0.2, 0.25) is 0 Å². The molecule has 0 unspecified atom stereocenters. The van der Waals surface area contributed by atoms with Gasteiger partial charge in [-0.15, -0.1) is 11.6 Å². The predicted molar refractivity (Wildman–Crippen MR) is 93.1 cm³/mol. The maximum absolute atomic E-state index is 6.04. The van der Waals surface area contributed by atoms with Crippen LogP contribution in [0.3, 0.4) is 0 Å². The summed E-state index contributed by atoms with van der Waals surface area (Å²) in [6.45, 7) is 7.34. The molecule has 0 saturated carbocycles. The summed E-state index contributed by atoms with van der Waals surface area (Å²) >= 11 is 13.1. The Labute approximate surface area is 146 Å². The van der Waals surface area contributed by atoms with E-state index in [1.807, 2.05) is 30.7 Å². The average molecular weight is 437 g/mol.